The van der Waals surface area contributed by atoms with Crippen molar-refractivity contribution in [3.05, 3.63) is 0 Å². The van der Waals surface area contributed by atoms with Gasteiger partial charge >= 0.3 is 0 Å². The van der Waals surface area contributed by atoms with Crippen LogP contribution in [0.4, 0.5) is 0 Å². The first kappa shape index (κ1) is 13.4. The van der Waals surface area contributed by atoms with Crippen LogP contribution in [0.1, 0.15) is 40.5 Å². The molecule has 0 spiro atoms. The molecule has 0 aromatic rings. The molecule has 1 aliphatic heterocycles. The van der Waals surface area contributed by atoms with Crippen molar-refractivity contribution in [2.45, 2.75) is 56.3 Å². The quantitative estimate of drug-likeness (QED) is 0.754. The van der Waals surface area contributed by atoms with E-state index in [1.165, 1.54) is 0 Å². The van der Waals surface area contributed by atoms with Gasteiger partial charge in [0.15, 0.2) is 0 Å². The standard InChI is InChI=1S/C12H22OS2/c1-5-6-8(2)12(13)11-7-14-9(3)10(4)15-11/h8-11H,5-7H2,1-4H3. The first-order chi connectivity index (χ1) is 7.06. The second kappa shape index (κ2) is 6.19. The second-order valence-electron chi connectivity index (χ2n) is 4.46. The van der Waals surface area contributed by atoms with Gasteiger partial charge in [-0.25, -0.2) is 0 Å². The first-order valence-corrected chi connectivity index (χ1v) is 7.86. The van der Waals surface area contributed by atoms with Crippen LogP contribution in [-0.4, -0.2) is 27.3 Å². The van der Waals surface area contributed by atoms with Crippen molar-refractivity contribution in [2.24, 2.45) is 5.92 Å². The van der Waals surface area contributed by atoms with Gasteiger partial charge in [0.25, 0.3) is 0 Å². The van der Waals surface area contributed by atoms with Gasteiger partial charge in [0.05, 0.1) is 5.25 Å². The fraction of sp³-hybridized carbons (Fsp3) is 0.917. The van der Waals surface area contributed by atoms with Crippen LogP contribution in [0.25, 0.3) is 0 Å². The normalized spacial score (nSPS) is 33.7. The molecule has 0 aliphatic carbocycles. The van der Waals surface area contributed by atoms with Crippen LogP contribution in [0.5, 0.6) is 0 Å². The van der Waals surface area contributed by atoms with Gasteiger partial charge in [-0.3, -0.25) is 4.79 Å². The molecule has 0 aromatic heterocycles. The highest BCUT2D eigenvalue weighted by molar-refractivity contribution is 8.08. The van der Waals surface area contributed by atoms with E-state index in [0.717, 1.165) is 18.6 Å². The Balaban J connectivity index is 2.47. The molecule has 1 saturated heterocycles. The maximum absolute atomic E-state index is 12.1. The summed E-state index contributed by atoms with van der Waals surface area (Å²) in [6.07, 6.45) is 2.16. The van der Waals surface area contributed by atoms with E-state index in [1.807, 2.05) is 23.5 Å². The van der Waals surface area contributed by atoms with Crippen molar-refractivity contribution in [3.63, 3.8) is 0 Å². The summed E-state index contributed by atoms with van der Waals surface area (Å²) in [5, 5.41) is 1.56. The molecular formula is C12H22OS2. The van der Waals surface area contributed by atoms with E-state index < -0.39 is 0 Å². The van der Waals surface area contributed by atoms with E-state index in [1.54, 1.807) is 0 Å². The van der Waals surface area contributed by atoms with Gasteiger partial charge in [0.2, 0.25) is 0 Å². The number of hydrogen-bond acceptors (Lipinski definition) is 3. The highest BCUT2D eigenvalue weighted by Crippen LogP contribution is 2.37. The number of carbonyl (C=O) groups excluding carboxylic acids is 1. The number of thioether (sulfide) groups is 2. The van der Waals surface area contributed by atoms with Gasteiger partial charge in [0.1, 0.15) is 5.78 Å². The molecule has 0 radical (unpaired) electrons. The van der Waals surface area contributed by atoms with Gasteiger partial charge < -0.3 is 0 Å². The van der Waals surface area contributed by atoms with Crippen LogP contribution in [0.15, 0.2) is 0 Å². The van der Waals surface area contributed by atoms with Crippen LogP contribution in [0.2, 0.25) is 0 Å². The van der Waals surface area contributed by atoms with Gasteiger partial charge in [-0.2, -0.15) is 11.8 Å². The third kappa shape index (κ3) is 3.70. The summed E-state index contributed by atoms with van der Waals surface area (Å²) >= 11 is 3.84. The summed E-state index contributed by atoms with van der Waals surface area (Å²) < 4.78 is 0. The summed E-state index contributed by atoms with van der Waals surface area (Å²) in [5.74, 6) is 1.75. The molecule has 1 aliphatic rings. The van der Waals surface area contributed by atoms with E-state index in [9.17, 15) is 4.79 Å². The SMILES string of the molecule is CCCC(C)C(=O)C1CSC(C)C(C)S1. The number of carbonyl (C=O) groups is 1. The van der Waals surface area contributed by atoms with Crippen molar-refractivity contribution in [3.8, 4) is 0 Å². The van der Waals surface area contributed by atoms with Crippen LogP contribution in [0, 0.1) is 5.92 Å². The average Bonchev–Trinajstić information content (AvgIpc) is 2.21. The first-order valence-electron chi connectivity index (χ1n) is 5.87. The highest BCUT2D eigenvalue weighted by atomic mass is 32.2. The molecule has 0 saturated carbocycles. The number of hydrogen-bond donors (Lipinski definition) is 0. The monoisotopic (exact) mass is 246 g/mol. The largest absolute Gasteiger partial charge is 0.298 e. The number of Topliss-reactive ketones (excluding diaryl/α,β-unsaturated/α-hetero) is 1. The van der Waals surface area contributed by atoms with Crippen LogP contribution < -0.4 is 0 Å². The van der Waals surface area contributed by atoms with E-state index in [-0.39, 0.29) is 11.2 Å². The molecular weight excluding hydrogens is 224 g/mol. The molecule has 0 bridgehead atoms. The molecule has 1 heterocycles. The van der Waals surface area contributed by atoms with E-state index in [2.05, 4.69) is 27.7 Å². The lowest BCUT2D eigenvalue weighted by Crippen LogP contribution is -2.34. The zero-order chi connectivity index (χ0) is 11.4. The molecule has 15 heavy (non-hydrogen) atoms. The number of rotatable bonds is 4. The third-order valence-corrected chi connectivity index (χ3v) is 6.48. The smallest absolute Gasteiger partial charge is 0.149 e. The molecule has 3 heteroatoms. The Bertz CT molecular complexity index is 218. The zero-order valence-electron chi connectivity index (χ0n) is 10.2. The summed E-state index contributed by atoms with van der Waals surface area (Å²) in [5.41, 5.74) is 0. The lowest BCUT2D eigenvalue weighted by atomic mass is 9.99. The Kier molecular flexibility index (Phi) is 5.54. The molecule has 1 nitrogen and oxygen atoms in total. The molecule has 1 fully saturated rings. The Morgan fingerprint density at radius 3 is 2.60 bits per heavy atom. The van der Waals surface area contributed by atoms with Gasteiger partial charge in [0, 0.05) is 22.2 Å². The van der Waals surface area contributed by atoms with Gasteiger partial charge in [-0.05, 0) is 6.42 Å². The van der Waals surface area contributed by atoms with Crippen molar-refractivity contribution in [2.75, 3.05) is 5.75 Å². The predicted octanol–water partition coefficient (Wildman–Crippen LogP) is 3.62. The molecule has 0 aromatic carbocycles. The van der Waals surface area contributed by atoms with Crippen LogP contribution in [0.3, 0.4) is 0 Å². The highest BCUT2D eigenvalue weighted by Gasteiger charge is 2.31. The molecule has 1 rings (SSSR count). The van der Waals surface area contributed by atoms with Crippen molar-refractivity contribution in [1.82, 2.24) is 0 Å². The van der Waals surface area contributed by atoms with Crippen LogP contribution >= 0.6 is 23.5 Å². The maximum Gasteiger partial charge on any atom is 0.149 e. The predicted molar refractivity (Wildman–Crippen MR) is 71.8 cm³/mol. The second-order valence-corrected chi connectivity index (χ2v) is 7.46. The van der Waals surface area contributed by atoms with Crippen molar-refractivity contribution in [1.29, 1.82) is 0 Å². The van der Waals surface area contributed by atoms with E-state index in [0.29, 0.717) is 16.3 Å². The van der Waals surface area contributed by atoms with Gasteiger partial charge in [-0.1, -0.05) is 34.1 Å². The lowest BCUT2D eigenvalue weighted by Gasteiger charge is -2.31. The Morgan fingerprint density at radius 2 is 2.07 bits per heavy atom. The maximum atomic E-state index is 12.1. The molecule has 88 valence electrons. The van der Waals surface area contributed by atoms with Crippen LogP contribution in [-0.2, 0) is 4.79 Å². The zero-order valence-corrected chi connectivity index (χ0v) is 11.8. The summed E-state index contributed by atoms with van der Waals surface area (Å²) in [7, 11) is 0. The topological polar surface area (TPSA) is 17.1 Å². The van der Waals surface area contributed by atoms with E-state index in [4.69, 9.17) is 0 Å². The third-order valence-electron chi connectivity index (χ3n) is 3.08. The minimum absolute atomic E-state index is 0.253. The summed E-state index contributed by atoms with van der Waals surface area (Å²) in [4.78, 5) is 12.1. The van der Waals surface area contributed by atoms with E-state index >= 15 is 0 Å². The fourth-order valence-corrected chi connectivity index (χ4v) is 4.82. The lowest BCUT2D eigenvalue weighted by molar-refractivity contribution is -0.121. The molecule has 4 atom stereocenters. The molecule has 0 N–H and O–H groups in total. The molecule has 0 amide bonds. The van der Waals surface area contributed by atoms with Crippen molar-refractivity contribution < 1.29 is 4.79 Å². The van der Waals surface area contributed by atoms with Gasteiger partial charge in [-0.15, -0.1) is 11.8 Å². The Hall–Kier alpha value is 0.370. The summed E-state index contributed by atoms with van der Waals surface area (Å²) in [6, 6.07) is 0. The molecule has 4 unspecified atom stereocenters. The minimum Gasteiger partial charge on any atom is -0.298 e. The Morgan fingerprint density at radius 1 is 1.40 bits per heavy atom. The minimum atomic E-state index is 0.253. The number of ketones is 1. The average molecular weight is 246 g/mol. The fourth-order valence-electron chi connectivity index (χ4n) is 1.83. The van der Waals surface area contributed by atoms with Crippen molar-refractivity contribution >= 4 is 29.3 Å². The summed E-state index contributed by atoms with van der Waals surface area (Å²) in [6.45, 7) is 8.74. The Labute approximate surface area is 102 Å².